The van der Waals surface area contributed by atoms with E-state index in [4.69, 9.17) is 4.98 Å². The summed E-state index contributed by atoms with van der Waals surface area (Å²) in [6, 6.07) is 15.7. The van der Waals surface area contributed by atoms with Crippen LogP contribution >= 0.6 is 0 Å². The fraction of sp³-hybridized carbons (Fsp3) is 0.259. The SMILES string of the molecule is CCn1c(-c2ccccc2F)nc2cc(NC(C)=O)cc(C(=O)N3CCN(c4ccccn4)CC3)c21. The number of halogens is 1. The normalized spacial score (nSPS) is 13.8. The lowest BCUT2D eigenvalue weighted by atomic mass is 10.1. The van der Waals surface area contributed by atoms with Crippen LogP contribution in [0.3, 0.4) is 0 Å². The van der Waals surface area contributed by atoms with Gasteiger partial charge in [0.2, 0.25) is 5.91 Å². The molecular weight excluding hydrogens is 459 g/mol. The predicted octanol–water partition coefficient (Wildman–Crippen LogP) is 4.18. The van der Waals surface area contributed by atoms with Gasteiger partial charge in [-0.05, 0) is 43.3 Å². The molecule has 0 atom stereocenters. The Bertz CT molecular complexity index is 1430. The molecule has 0 radical (unpaired) electrons. The third kappa shape index (κ3) is 4.39. The number of amides is 2. The topological polar surface area (TPSA) is 83.4 Å². The monoisotopic (exact) mass is 486 g/mol. The van der Waals surface area contributed by atoms with Gasteiger partial charge in [0.15, 0.2) is 0 Å². The molecule has 0 spiro atoms. The third-order valence-corrected chi connectivity index (χ3v) is 6.36. The summed E-state index contributed by atoms with van der Waals surface area (Å²) in [5.74, 6) is 0.546. The summed E-state index contributed by atoms with van der Waals surface area (Å²) >= 11 is 0. The number of hydrogen-bond acceptors (Lipinski definition) is 5. The standard InChI is InChI=1S/C27H27FN6O2/c1-3-34-25-21(27(36)33-14-12-32(13-15-33)24-10-6-7-11-29-24)16-19(30-18(2)35)17-23(25)31-26(34)20-8-4-5-9-22(20)28/h4-11,16-17H,3,12-15H2,1-2H3,(H,30,35). The van der Waals surface area contributed by atoms with E-state index < -0.39 is 0 Å². The fourth-order valence-electron chi connectivity index (χ4n) is 4.71. The van der Waals surface area contributed by atoms with Crippen molar-refractivity contribution < 1.29 is 14.0 Å². The van der Waals surface area contributed by atoms with Gasteiger partial charge in [0.05, 0.1) is 22.2 Å². The molecule has 2 aromatic heterocycles. The summed E-state index contributed by atoms with van der Waals surface area (Å²) < 4.78 is 16.6. The number of pyridine rings is 1. The Balaban J connectivity index is 1.55. The molecule has 1 aliphatic rings. The number of carbonyl (C=O) groups excluding carboxylic acids is 2. The van der Waals surface area contributed by atoms with Gasteiger partial charge in [-0.3, -0.25) is 9.59 Å². The van der Waals surface area contributed by atoms with Gasteiger partial charge in [0.25, 0.3) is 5.91 Å². The second-order valence-corrected chi connectivity index (χ2v) is 8.70. The molecule has 2 aromatic carbocycles. The van der Waals surface area contributed by atoms with Crippen LogP contribution in [0.5, 0.6) is 0 Å². The van der Waals surface area contributed by atoms with Crippen molar-refractivity contribution in [3.63, 3.8) is 0 Å². The molecule has 0 unspecified atom stereocenters. The minimum atomic E-state index is -0.386. The Morgan fingerprint density at radius 1 is 1.03 bits per heavy atom. The van der Waals surface area contributed by atoms with Crippen molar-refractivity contribution in [2.24, 2.45) is 0 Å². The molecule has 8 nitrogen and oxygen atoms in total. The number of piperazine rings is 1. The van der Waals surface area contributed by atoms with Crippen LogP contribution < -0.4 is 10.2 Å². The van der Waals surface area contributed by atoms with E-state index in [1.54, 1.807) is 36.5 Å². The largest absolute Gasteiger partial charge is 0.353 e. The number of anilines is 2. The highest BCUT2D eigenvalue weighted by atomic mass is 19.1. The summed E-state index contributed by atoms with van der Waals surface area (Å²) in [7, 11) is 0. The predicted molar refractivity (Wildman–Crippen MR) is 137 cm³/mol. The van der Waals surface area contributed by atoms with Crippen LogP contribution in [-0.4, -0.2) is 57.4 Å². The average Bonchev–Trinajstić information content (AvgIpc) is 3.26. The van der Waals surface area contributed by atoms with Gasteiger partial charge in [-0.1, -0.05) is 18.2 Å². The third-order valence-electron chi connectivity index (χ3n) is 6.36. The maximum Gasteiger partial charge on any atom is 0.256 e. The average molecular weight is 487 g/mol. The zero-order valence-electron chi connectivity index (χ0n) is 20.2. The summed E-state index contributed by atoms with van der Waals surface area (Å²) in [5.41, 5.74) is 2.42. The molecule has 1 fully saturated rings. The van der Waals surface area contributed by atoms with Crippen molar-refractivity contribution in [1.29, 1.82) is 0 Å². The quantitative estimate of drug-likeness (QED) is 0.458. The molecule has 1 saturated heterocycles. The zero-order chi connectivity index (χ0) is 25.2. The highest BCUT2D eigenvalue weighted by Crippen LogP contribution is 2.32. The maximum absolute atomic E-state index is 14.7. The minimum Gasteiger partial charge on any atom is -0.353 e. The molecule has 4 aromatic rings. The molecule has 3 heterocycles. The van der Waals surface area contributed by atoms with Crippen LogP contribution in [0.25, 0.3) is 22.4 Å². The number of rotatable bonds is 5. The molecule has 9 heteroatoms. The molecule has 1 N–H and O–H groups in total. The summed E-state index contributed by atoms with van der Waals surface area (Å²) in [5, 5.41) is 2.77. The molecule has 36 heavy (non-hydrogen) atoms. The van der Waals surface area contributed by atoms with Crippen LogP contribution in [-0.2, 0) is 11.3 Å². The van der Waals surface area contributed by atoms with Crippen molar-refractivity contribution in [2.45, 2.75) is 20.4 Å². The minimum absolute atomic E-state index is 0.150. The molecule has 0 aliphatic carbocycles. The molecular formula is C27H27FN6O2. The van der Waals surface area contributed by atoms with E-state index in [1.165, 1.54) is 13.0 Å². The summed E-state index contributed by atoms with van der Waals surface area (Å²) in [6.07, 6.45) is 1.76. The van der Waals surface area contributed by atoms with Crippen molar-refractivity contribution in [3.8, 4) is 11.4 Å². The van der Waals surface area contributed by atoms with E-state index in [0.717, 1.165) is 5.82 Å². The summed E-state index contributed by atoms with van der Waals surface area (Å²) in [6.45, 7) is 6.22. The van der Waals surface area contributed by atoms with Crippen LogP contribution in [0.15, 0.2) is 60.8 Å². The van der Waals surface area contributed by atoms with Crippen LogP contribution in [0.4, 0.5) is 15.9 Å². The van der Waals surface area contributed by atoms with Crippen LogP contribution in [0.2, 0.25) is 0 Å². The lowest BCUT2D eigenvalue weighted by molar-refractivity contribution is -0.114. The number of benzene rings is 2. The second kappa shape index (κ2) is 9.77. The Morgan fingerprint density at radius 3 is 2.44 bits per heavy atom. The molecule has 184 valence electrons. The number of hydrogen-bond donors (Lipinski definition) is 1. The number of carbonyl (C=O) groups is 2. The van der Waals surface area contributed by atoms with Gasteiger partial charge >= 0.3 is 0 Å². The van der Waals surface area contributed by atoms with Crippen LogP contribution in [0, 0.1) is 5.82 Å². The Kier molecular flexibility index (Phi) is 6.37. The van der Waals surface area contributed by atoms with Gasteiger partial charge in [0.1, 0.15) is 17.5 Å². The summed E-state index contributed by atoms with van der Waals surface area (Å²) in [4.78, 5) is 38.7. The van der Waals surface area contributed by atoms with E-state index in [1.807, 2.05) is 34.6 Å². The van der Waals surface area contributed by atoms with Gasteiger partial charge in [-0.25, -0.2) is 14.4 Å². The van der Waals surface area contributed by atoms with Crippen LogP contribution in [0.1, 0.15) is 24.2 Å². The van der Waals surface area contributed by atoms with E-state index in [-0.39, 0.29) is 17.6 Å². The molecule has 0 saturated carbocycles. The van der Waals surface area contributed by atoms with Crippen molar-refractivity contribution in [2.75, 3.05) is 36.4 Å². The van der Waals surface area contributed by atoms with Gasteiger partial charge in [-0.2, -0.15) is 0 Å². The zero-order valence-corrected chi connectivity index (χ0v) is 20.2. The fourth-order valence-corrected chi connectivity index (χ4v) is 4.71. The Labute approximate surface area is 208 Å². The van der Waals surface area contributed by atoms with Gasteiger partial charge < -0.3 is 19.7 Å². The number of aryl methyl sites for hydroxylation is 1. The first kappa shape index (κ1) is 23.5. The van der Waals surface area contributed by atoms with E-state index in [0.29, 0.717) is 66.4 Å². The molecule has 0 bridgehead atoms. The van der Waals surface area contributed by atoms with Crippen molar-refractivity contribution in [3.05, 3.63) is 72.2 Å². The van der Waals surface area contributed by atoms with Gasteiger partial charge in [-0.15, -0.1) is 0 Å². The van der Waals surface area contributed by atoms with E-state index in [2.05, 4.69) is 15.2 Å². The Hall–Kier alpha value is -4.27. The van der Waals surface area contributed by atoms with Gasteiger partial charge in [0, 0.05) is 51.5 Å². The molecule has 5 rings (SSSR count). The van der Waals surface area contributed by atoms with E-state index in [9.17, 15) is 14.0 Å². The first-order valence-electron chi connectivity index (χ1n) is 12.0. The number of nitrogens with one attached hydrogen (secondary N) is 1. The number of fused-ring (bicyclic) bond motifs is 1. The number of imidazole rings is 1. The smallest absolute Gasteiger partial charge is 0.256 e. The first-order chi connectivity index (χ1) is 17.5. The molecule has 1 aliphatic heterocycles. The highest BCUT2D eigenvalue weighted by molar-refractivity contribution is 6.08. The Morgan fingerprint density at radius 2 is 1.78 bits per heavy atom. The lowest BCUT2D eigenvalue weighted by Crippen LogP contribution is -2.49. The lowest BCUT2D eigenvalue weighted by Gasteiger charge is -2.35. The maximum atomic E-state index is 14.7. The number of nitrogens with zero attached hydrogens (tertiary/aromatic N) is 5. The molecule has 2 amide bonds. The van der Waals surface area contributed by atoms with Crippen molar-refractivity contribution in [1.82, 2.24) is 19.4 Å². The number of aromatic nitrogens is 3. The van der Waals surface area contributed by atoms with E-state index >= 15 is 0 Å². The first-order valence-corrected chi connectivity index (χ1v) is 12.0. The highest BCUT2D eigenvalue weighted by Gasteiger charge is 2.27. The van der Waals surface area contributed by atoms with Crippen molar-refractivity contribution >= 4 is 34.4 Å². The second-order valence-electron chi connectivity index (χ2n) is 8.70.